The zero-order valence-electron chi connectivity index (χ0n) is 9.97. The summed E-state index contributed by atoms with van der Waals surface area (Å²) in [5.74, 6) is 1.11. The van der Waals surface area contributed by atoms with Gasteiger partial charge in [0, 0.05) is 24.8 Å². The number of fused-ring (bicyclic) bond motifs is 1. The van der Waals surface area contributed by atoms with Gasteiger partial charge in [0.25, 0.3) is 0 Å². The molecule has 0 amide bonds. The first kappa shape index (κ1) is 10.6. The third kappa shape index (κ3) is 2.13. The molecule has 90 valence electrons. The van der Waals surface area contributed by atoms with Crippen LogP contribution < -0.4 is 5.73 Å². The molecule has 0 bridgehead atoms. The molecule has 0 spiro atoms. The molecule has 3 rings (SSSR count). The first-order valence-corrected chi connectivity index (χ1v) is 6.27. The maximum absolute atomic E-state index is 5.81. The van der Waals surface area contributed by atoms with Gasteiger partial charge in [-0.25, -0.2) is 4.98 Å². The Balaban J connectivity index is 1.77. The van der Waals surface area contributed by atoms with Gasteiger partial charge in [-0.1, -0.05) is 0 Å². The zero-order valence-corrected chi connectivity index (χ0v) is 9.97. The molecule has 1 saturated heterocycles. The van der Waals surface area contributed by atoms with Crippen LogP contribution in [0, 0.1) is 0 Å². The van der Waals surface area contributed by atoms with Gasteiger partial charge in [-0.15, -0.1) is 0 Å². The van der Waals surface area contributed by atoms with E-state index in [9.17, 15) is 0 Å². The van der Waals surface area contributed by atoms with Gasteiger partial charge in [-0.05, 0) is 38.1 Å². The molecule has 0 aliphatic carbocycles. The van der Waals surface area contributed by atoms with Crippen molar-refractivity contribution in [2.75, 3.05) is 25.4 Å². The van der Waals surface area contributed by atoms with Gasteiger partial charge < -0.3 is 15.0 Å². The van der Waals surface area contributed by atoms with E-state index in [-0.39, 0.29) is 0 Å². The van der Waals surface area contributed by atoms with Crippen molar-refractivity contribution >= 4 is 11.2 Å². The highest BCUT2D eigenvalue weighted by atomic mass is 15.1. The van der Waals surface area contributed by atoms with Crippen LogP contribution in [0.5, 0.6) is 0 Å². The normalized spacial score (nSPS) is 16.9. The lowest BCUT2D eigenvalue weighted by Gasteiger charge is -2.13. The Morgan fingerprint density at radius 3 is 2.88 bits per heavy atom. The molecule has 1 aliphatic rings. The molecule has 1 aliphatic heterocycles. The van der Waals surface area contributed by atoms with Crippen molar-refractivity contribution in [3.63, 3.8) is 0 Å². The Morgan fingerprint density at radius 1 is 1.24 bits per heavy atom. The Bertz CT molecular complexity index is 511. The van der Waals surface area contributed by atoms with E-state index in [1.165, 1.54) is 25.9 Å². The fourth-order valence-electron chi connectivity index (χ4n) is 2.51. The lowest BCUT2D eigenvalue weighted by molar-refractivity contribution is 0.340. The van der Waals surface area contributed by atoms with Crippen LogP contribution in [0.3, 0.4) is 0 Å². The largest absolute Gasteiger partial charge is 0.398 e. The van der Waals surface area contributed by atoms with Gasteiger partial charge in [0.1, 0.15) is 5.82 Å². The van der Waals surface area contributed by atoms with E-state index in [2.05, 4.69) is 14.3 Å². The van der Waals surface area contributed by atoms with Gasteiger partial charge in [-0.2, -0.15) is 0 Å². The number of nitrogen functional groups attached to an aromatic ring is 1. The summed E-state index contributed by atoms with van der Waals surface area (Å²) in [6.45, 7) is 3.59. The highest BCUT2D eigenvalue weighted by Crippen LogP contribution is 2.13. The van der Waals surface area contributed by atoms with Crippen LogP contribution in [-0.4, -0.2) is 33.9 Å². The van der Waals surface area contributed by atoms with E-state index in [1.54, 1.807) is 0 Å². The summed E-state index contributed by atoms with van der Waals surface area (Å²) >= 11 is 0. The van der Waals surface area contributed by atoms with Crippen LogP contribution in [0.4, 0.5) is 5.69 Å². The third-order valence-corrected chi connectivity index (χ3v) is 3.48. The summed E-state index contributed by atoms with van der Waals surface area (Å²) in [4.78, 5) is 6.99. The SMILES string of the molecule is Nc1ccc2cnc(CCN3CCCC3)n2c1. The summed E-state index contributed by atoms with van der Waals surface area (Å²) in [6, 6.07) is 3.93. The van der Waals surface area contributed by atoms with Crippen molar-refractivity contribution < 1.29 is 0 Å². The van der Waals surface area contributed by atoms with Crippen LogP contribution in [-0.2, 0) is 6.42 Å². The molecular formula is C13H18N4. The molecule has 0 atom stereocenters. The summed E-state index contributed by atoms with van der Waals surface area (Å²) < 4.78 is 2.10. The van der Waals surface area contributed by atoms with Gasteiger partial charge in [0.2, 0.25) is 0 Å². The molecule has 0 aromatic carbocycles. The van der Waals surface area contributed by atoms with E-state index in [4.69, 9.17) is 5.73 Å². The fraction of sp³-hybridized carbons (Fsp3) is 0.462. The van der Waals surface area contributed by atoms with Crippen LogP contribution in [0.1, 0.15) is 18.7 Å². The number of likely N-dealkylation sites (tertiary alicyclic amines) is 1. The number of anilines is 1. The van der Waals surface area contributed by atoms with Crippen molar-refractivity contribution in [2.45, 2.75) is 19.3 Å². The Kier molecular flexibility index (Phi) is 2.73. The molecule has 0 unspecified atom stereocenters. The topological polar surface area (TPSA) is 46.6 Å². The Morgan fingerprint density at radius 2 is 2.06 bits per heavy atom. The quantitative estimate of drug-likeness (QED) is 0.870. The van der Waals surface area contributed by atoms with Crippen LogP contribution in [0.15, 0.2) is 24.5 Å². The fourth-order valence-corrected chi connectivity index (χ4v) is 2.51. The zero-order chi connectivity index (χ0) is 11.7. The lowest BCUT2D eigenvalue weighted by atomic mass is 10.3. The Labute approximate surface area is 101 Å². The van der Waals surface area contributed by atoms with Gasteiger partial charge >= 0.3 is 0 Å². The third-order valence-electron chi connectivity index (χ3n) is 3.48. The predicted molar refractivity (Wildman–Crippen MR) is 69.0 cm³/mol. The van der Waals surface area contributed by atoms with Crippen LogP contribution >= 0.6 is 0 Å². The minimum atomic E-state index is 0.790. The molecule has 1 fully saturated rings. The number of aromatic nitrogens is 2. The standard InChI is InChI=1S/C13H18N4/c14-11-3-4-12-9-15-13(17(12)10-11)5-8-16-6-1-2-7-16/h3-4,9-10H,1-2,5-8,14H2. The van der Waals surface area contributed by atoms with E-state index >= 15 is 0 Å². The molecule has 17 heavy (non-hydrogen) atoms. The van der Waals surface area contributed by atoms with E-state index in [0.29, 0.717) is 0 Å². The molecule has 2 N–H and O–H groups in total. The highest BCUT2D eigenvalue weighted by Gasteiger charge is 2.12. The van der Waals surface area contributed by atoms with E-state index in [1.807, 2.05) is 24.5 Å². The second kappa shape index (κ2) is 4.37. The highest BCUT2D eigenvalue weighted by molar-refractivity contribution is 5.52. The number of nitrogens with zero attached hydrogens (tertiary/aromatic N) is 3. The predicted octanol–water partition coefficient (Wildman–Crippen LogP) is 1.55. The van der Waals surface area contributed by atoms with Crippen molar-refractivity contribution in [3.8, 4) is 0 Å². The number of pyridine rings is 1. The average molecular weight is 230 g/mol. The lowest BCUT2D eigenvalue weighted by Crippen LogP contribution is -2.22. The van der Waals surface area contributed by atoms with Crippen LogP contribution in [0.25, 0.3) is 5.52 Å². The Hall–Kier alpha value is -1.55. The maximum atomic E-state index is 5.81. The molecule has 2 aromatic heterocycles. The molecule has 2 aromatic rings. The maximum Gasteiger partial charge on any atom is 0.114 e. The monoisotopic (exact) mass is 230 g/mol. The minimum absolute atomic E-state index is 0.790. The second-order valence-corrected chi connectivity index (χ2v) is 4.73. The molecular weight excluding hydrogens is 212 g/mol. The molecule has 4 heteroatoms. The summed E-state index contributed by atoms with van der Waals surface area (Å²) in [5.41, 5.74) is 7.72. The van der Waals surface area contributed by atoms with Gasteiger partial charge in [0.15, 0.2) is 0 Å². The number of imidazole rings is 1. The smallest absolute Gasteiger partial charge is 0.114 e. The number of hydrogen-bond acceptors (Lipinski definition) is 3. The van der Waals surface area contributed by atoms with Gasteiger partial charge in [-0.3, -0.25) is 0 Å². The van der Waals surface area contributed by atoms with Crippen molar-refractivity contribution in [1.29, 1.82) is 0 Å². The number of nitrogens with two attached hydrogens (primary N) is 1. The first-order valence-electron chi connectivity index (χ1n) is 6.27. The van der Waals surface area contributed by atoms with Gasteiger partial charge in [0.05, 0.1) is 11.7 Å². The molecule has 0 radical (unpaired) electrons. The van der Waals surface area contributed by atoms with Crippen LogP contribution in [0.2, 0.25) is 0 Å². The number of rotatable bonds is 3. The number of hydrogen-bond donors (Lipinski definition) is 1. The molecule has 0 saturated carbocycles. The van der Waals surface area contributed by atoms with Crippen molar-refractivity contribution in [1.82, 2.24) is 14.3 Å². The average Bonchev–Trinajstić information content (AvgIpc) is 2.94. The van der Waals surface area contributed by atoms with E-state index < -0.39 is 0 Å². The molecule has 3 heterocycles. The van der Waals surface area contributed by atoms with Crippen molar-refractivity contribution in [3.05, 3.63) is 30.4 Å². The second-order valence-electron chi connectivity index (χ2n) is 4.73. The summed E-state index contributed by atoms with van der Waals surface area (Å²) in [5, 5.41) is 0. The minimum Gasteiger partial charge on any atom is -0.398 e. The van der Waals surface area contributed by atoms with Crippen molar-refractivity contribution in [2.24, 2.45) is 0 Å². The first-order chi connectivity index (χ1) is 8.33. The summed E-state index contributed by atoms with van der Waals surface area (Å²) in [6.07, 6.45) is 7.56. The molecule has 4 nitrogen and oxygen atoms in total. The van der Waals surface area contributed by atoms with E-state index in [0.717, 1.165) is 30.0 Å². The summed E-state index contributed by atoms with van der Waals surface area (Å²) in [7, 11) is 0.